The minimum absolute atomic E-state index is 0.00120. The van der Waals surface area contributed by atoms with E-state index < -0.39 is 0 Å². The Morgan fingerprint density at radius 1 is 1.11 bits per heavy atom. The molecule has 2 rings (SSSR count). The number of carbonyl (C=O) groups is 1. The van der Waals surface area contributed by atoms with Gasteiger partial charge in [-0.25, -0.2) is 0 Å². The van der Waals surface area contributed by atoms with Crippen LogP contribution in [-0.4, -0.2) is 13.0 Å². The number of carbonyl (C=O) groups excluding carboxylic acids is 1. The second-order valence-electron chi connectivity index (χ2n) is 4.67. The molecule has 0 bridgehead atoms. The van der Waals surface area contributed by atoms with Gasteiger partial charge in [0.2, 0.25) is 0 Å². The minimum Gasteiger partial charge on any atom is -0.311 e. The lowest BCUT2D eigenvalue weighted by Gasteiger charge is -2.20. The Kier molecular flexibility index (Phi) is 4.05. The van der Waals surface area contributed by atoms with Crippen molar-refractivity contribution in [2.45, 2.75) is 13.8 Å². The quantitative estimate of drug-likeness (QED) is 0.806. The Bertz CT molecular complexity index is 602. The van der Waals surface area contributed by atoms with Gasteiger partial charge in [0.05, 0.1) is 0 Å². The van der Waals surface area contributed by atoms with Crippen LogP contribution in [0.5, 0.6) is 0 Å². The van der Waals surface area contributed by atoms with E-state index in [0.717, 1.165) is 21.3 Å². The van der Waals surface area contributed by atoms with Crippen LogP contribution in [0.1, 0.15) is 21.5 Å². The highest BCUT2D eigenvalue weighted by molar-refractivity contribution is 9.10. The summed E-state index contributed by atoms with van der Waals surface area (Å²) >= 11 is 3.43. The molecule has 0 unspecified atom stereocenters. The molecule has 98 valence electrons. The molecule has 2 nitrogen and oxygen atoms in total. The predicted molar refractivity (Wildman–Crippen MR) is 82.8 cm³/mol. The van der Waals surface area contributed by atoms with Gasteiger partial charge in [0, 0.05) is 22.8 Å². The van der Waals surface area contributed by atoms with Crippen molar-refractivity contribution >= 4 is 27.5 Å². The second-order valence-corrected chi connectivity index (χ2v) is 5.58. The van der Waals surface area contributed by atoms with E-state index >= 15 is 0 Å². The van der Waals surface area contributed by atoms with E-state index in [4.69, 9.17) is 0 Å². The standard InChI is InChI=1S/C16H16BrNO/c1-11-8-13(10-14(17)9-11)16(19)18(3)15-7-5-4-6-12(15)2/h4-10H,1-3H3. The topological polar surface area (TPSA) is 20.3 Å². The van der Waals surface area contributed by atoms with E-state index in [1.165, 1.54) is 0 Å². The Labute approximate surface area is 122 Å². The van der Waals surface area contributed by atoms with Crippen molar-refractivity contribution < 1.29 is 4.79 Å². The number of benzene rings is 2. The minimum atomic E-state index is -0.00120. The molecule has 0 aliphatic heterocycles. The molecule has 0 saturated carbocycles. The number of aryl methyl sites for hydroxylation is 2. The highest BCUT2D eigenvalue weighted by Crippen LogP contribution is 2.22. The molecule has 0 radical (unpaired) electrons. The molecule has 0 aromatic heterocycles. The van der Waals surface area contributed by atoms with E-state index in [9.17, 15) is 4.79 Å². The molecule has 2 aromatic rings. The highest BCUT2D eigenvalue weighted by Gasteiger charge is 2.15. The van der Waals surface area contributed by atoms with Crippen LogP contribution in [0.2, 0.25) is 0 Å². The van der Waals surface area contributed by atoms with Crippen molar-refractivity contribution in [2.24, 2.45) is 0 Å². The summed E-state index contributed by atoms with van der Waals surface area (Å²) in [5, 5.41) is 0. The Balaban J connectivity index is 2.36. The van der Waals surface area contributed by atoms with Gasteiger partial charge < -0.3 is 4.90 Å². The molecule has 0 heterocycles. The predicted octanol–water partition coefficient (Wildman–Crippen LogP) is 4.34. The summed E-state index contributed by atoms with van der Waals surface area (Å²) in [6, 6.07) is 13.6. The molecule has 19 heavy (non-hydrogen) atoms. The molecule has 0 aliphatic rings. The molecule has 1 amide bonds. The van der Waals surface area contributed by atoms with Crippen molar-refractivity contribution in [2.75, 3.05) is 11.9 Å². The number of halogens is 1. The first-order valence-electron chi connectivity index (χ1n) is 6.10. The molecule has 0 spiro atoms. The molecule has 0 saturated heterocycles. The zero-order valence-corrected chi connectivity index (χ0v) is 12.9. The summed E-state index contributed by atoms with van der Waals surface area (Å²) in [6.45, 7) is 3.99. The van der Waals surface area contributed by atoms with Gasteiger partial charge in [0.15, 0.2) is 0 Å². The first kappa shape index (κ1) is 13.8. The van der Waals surface area contributed by atoms with Gasteiger partial charge >= 0.3 is 0 Å². The Hall–Kier alpha value is -1.61. The van der Waals surface area contributed by atoms with Gasteiger partial charge in [0.1, 0.15) is 0 Å². The Morgan fingerprint density at radius 3 is 2.42 bits per heavy atom. The molecule has 0 aliphatic carbocycles. The van der Waals surface area contributed by atoms with Crippen LogP contribution in [0.3, 0.4) is 0 Å². The maximum Gasteiger partial charge on any atom is 0.258 e. The van der Waals surface area contributed by atoms with Crippen LogP contribution in [0.4, 0.5) is 5.69 Å². The number of anilines is 1. The van der Waals surface area contributed by atoms with Crippen LogP contribution in [0.25, 0.3) is 0 Å². The molecule has 0 fully saturated rings. The van der Waals surface area contributed by atoms with Crippen LogP contribution < -0.4 is 4.90 Å². The summed E-state index contributed by atoms with van der Waals surface area (Å²) in [7, 11) is 1.81. The average Bonchev–Trinajstić information content (AvgIpc) is 2.36. The number of rotatable bonds is 2. The van der Waals surface area contributed by atoms with Crippen molar-refractivity contribution in [3.05, 3.63) is 63.6 Å². The fourth-order valence-electron chi connectivity index (χ4n) is 2.10. The van der Waals surface area contributed by atoms with Gasteiger partial charge in [-0.05, 0) is 49.2 Å². The molecule has 3 heteroatoms. The SMILES string of the molecule is Cc1cc(Br)cc(C(=O)N(C)c2ccccc2C)c1. The summed E-state index contributed by atoms with van der Waals surface area (Å²) in [6.07, 6.45) is 0. The summed E-state index contributed by atoms with van der Waals surface area (Å²) in [4.78, 5) is 14.2. The van der Waals surface area contributed by atoms with Gasteiger partial charge in [-0.3, -0.25) is 4.79 Å². The van der Waals surface area contributed by atoms with E-state index in [1.807, 2.05) is 56.3 Å². The molecule has 0 atom stereocenters. The molecule has 0 N–H and O–H groups in total. The third-order valence-corrected chi connectivity index (χ3v) is 3.53. The third-order valence-electron chi connectivity index (χ3n) is 3.07. The van der Waals surface area contributed by atoms with Gasteiger partial charge in [-0.1, -0.05) is 34.1 Å². The zero-order valence-electron chi connectivity index (χ0n) is 11.3. The smallest absolute Gasteiger partial charge is 0.258 e. The summed E-state index contributed by atoms with van der Waals surface area (Å²) in [5.74, 6) is -0.00120. The summed E-state index contributed by atoms with van der Waals surface area (Å²) < 4.78 is 0.925. The second kappa shape index (κ2) is 5.57. The van der Waals surface area contributed by atoms with Crippen LogP contribution in [0.15, 0.2) is 46.9 Å². The van der Waals surface area contributed by atoms with Crippen molar-refractivity contribution in [1.82, 2.24) is 0 Å². The largest absolute Gasteiger partial charge is 0.311 e. The van der Waals surface area contributed by atoms with Crippen LogP contribution in [0, 0.1) is 13.8 Å². The highest BCUT2D eigenvalue weighted by atomic mass is 79.9. The van der Waals surface area contributed by atoms with Crippen molar-refractivity contribution in [1.29, 1.82) is 0 Å². The van der Waals surface area contributed by atoms with E-state index in [-0.39, 0.29) is 5.91 Å². The molecular formula is C16H16BrNO. The van der Waals surface area contributed by atoms with Gasteiger partial charge in [-0.2, -0.15) is 0 Å². The number of hydrogen-bond donors (Lipinski definition) is 0. The lowest BCUT2D eigenvalue weighted by molar-refractivity contribution is 0.0992. The molecule has 2 aromatic carbocycles. The lowest BCUT2D eigenvalue weighted by atomic mass is 10.1. The first-order chi connectivity index (χ1) is 8.99. The van der Waals surface area contributed by atoms with Crippen molar-refractivity contribution in [3.63, 3.8) is 0 Å². The van der Waals surface area contributed by atoms with Gasteiger partial charge in [-0.15, -0.1) is 0 Å². The fourth-order valence-corrected chi connectivity index (χ4v) is 2.71. The maximum atomic E-state index is 12.5. The normalized spacial score (nSPS) is 10.3. The maximum absolute atomic E-state index is 12.5. The number of para-hydroxylation sites is 1. The monoisotopic (exact) mass is 317 g/mol. The van der Waals surface area contributed by atoms with E-state index in [0.29, 0.717) is 5.56 Å². The fraction of sp³-hybridized carbons (Fsp3) is 0.188. The van der Waals surface area contributed by atoms with Crippen molar-refractivity contribution in [3.8, 4) is 0 Å². The lowest BCUT2D eigenvalue weighted by Crippen LogP contribution is -2.26. The number of hydrogen-bond acceptors (Lipinski definition) is 1. The molecular weight excluding hydrogens is 302 g/mol. The van der Waals surface area contributed by atoms with E-state index in [2.05, 4.69) is 15.9 Å². The zero-order chi connectivity index (χ0) is 14.0. The Morgan fingerprint density at radius 2 is 1.79 bits per heavy atom. The first-order valence-corrected chi connectivity index (χ1v) is 6.89. The summed E-state index contributed by atoms with van der Waals surface area (Å²) in [5.41, 5.74) is 3.78. The van der Waals surface area contributed by atoms with Crippen LogP contribution >= 0.6 is 15.9 Å². The van der Waals surface area contributed by atoms with E-state index in [1.54, 1.807) is 11.9 Å². The number of amides is 1. The third kappa shape index (κ3) is 3.04. The average molecular weight is 318 g/mol. The van der Waals surface area contributed by atoms with Gasteiger partial charge in [0.25, 0.3) is 5.91 Å². The number of nitrogens with zero attached hydrogens (tertiary/aromatic N) is 1. The van der Waals surface area contributed by atoms with Crippen LogP contribution in [-0.2, 0) is 0 Å².